The summed E-state index contributed by atoms with van der Waals surface area (Å²) < 4.78 is 22.2. The first-order chi connectivity index (χ1) is 2.00. The molecule has 5 heavy (non-hydrogen) atoms. The van der Waals surface area contributed by atoms with Gasteiger partial charge in [-0.1, -0.05) is 0 Å². The van der Waals surface area contributed by atoms with E-state index in [1.54, 1.807) is 0 Å². The van der Waals surface area contributed by atoms with Crippen molar-refractivity contribution in [3.8, 4) is 0 Å². The van der Waals surface area contributed by atoms with Crippen molar-refractivity contribution in [3.63, 3.8) is 0 Å². The lowest BCUT2D eigenvalue weighted by Crippen LogP contribution is -2.06. The average molecular weight is 96.2 g/mol. The van der Waals surface area contributed by atoms with Gasteiger partial charge in [-0.2, -0.15) is 0 Å². The van der Waals surface area contributed by atoms with Crippen molar-refractivity contribution in [2.24, 2.45) is 0 Å². The predicted molar refractivity (Wildman–Crippen MR) is 20.6 cm³/mol. The fraction of sp³-hybridized carbons (Fsp3) is 1.00. The Kier molecular flexibility index (Phi) is 1.06. The van der Waals surface area contributed by atoms with Crippen LogP contribution >= 0.6 is 0 Å². The molecule has 32 valence electrons. The van der Waals surface area contributed by atoms with E-state index in [9.17, 15) is 8.78 Å². The van der Waals surface area contributed by atoms with E-state index in [1.807, 2.05) is 0 Å². The molecular formula is C2H6F2Si. The van der Waals surface area contributed by atoms with E-state index in [0.717, 1.165) is 6.92 Å². The summed E-state index contributed by atoms with van der Waals surface area (Å²) in [6, 6.07) is 0. The third kappa shape index (κ3) is 2980. The zero-order chi connectivity index (χ0) is 4.50. The molecule has 0 saturated carbocycles. The Morgan fingerprint density at radius 2 is 1.60 bits per heavy atom. The molecule has 0 radical (unpaired) electrons. The largest absolute Gasteiger partial charge is 0.217 e. The summed E-state index contributed by atoms with van der Waals surface area (Å²) >= 11 is 0. The van der Waals surface area contributed by atoms with Gasteiger partial charge in [0, 0.05) is 0 Å². The van der Waals surface area contributed by atoms with E-state index in [4.69, 9.17) is 0 Å². The highest BCUT2D eigenvalue weighted by Gasteiger charge is 2.08. The number of hydrogen-bond acceptors (Lipinski definition) is 0. The van der Waals surface area contributed by atoms with Crippen LogP contribution in [-0.4, -0.2) is 15.8 Å². The van der Waals surface area contributed by atoms with Gasteiger partial charge in [0.2, 0.25) is 5.55 Å². The Balaban J connectivity index is 3.02. The lowest BCUT2D eigenvalue weighted by atomic mass is 10.8. The van der Waals surface area contributed by atoms with E-state index < -0.39 is 5.55 Å². The highest BCUT2D eigenvalue weighted by molar-refractivity contribution is 6.12. The van der Waals surface area contributed by atoms with Gasteiger partial charge >= 0.3 is 0 Å². The molecule has 0 aromatic heterocycles. The lowest BCUT2D eigenvalue weighted by molar-refractivity contribution is 0.118. The van der Waals surface area contributed by atoms with E-state index in [0.29, 0.717) is 0 Å². The van der Waals surface area contributed by atoms with Crippen molar-refractivity contribution in [1.29, 1.82) is 0 Å². The highest BCUT2D eigenvalue weighted by atomic mass is 28.1. The van der Waals surface area contributed by atoms with E-state index >= 15 is 0 Å². The average Bonchev–Trinajstić information content (AvgIpc) is 0.722. The normalized spacial score (nSPS) is 12.6. The van der Waals surface area contributed by atoms with Crippen molar-refractivity contribution in [1.82, 2.24) is 0 Å². The zero-order valence-corrected chi connectivity index (χ0v) is 5.26. The molecular weight excluding hydrogens is 90.1 g/mol. The van der Waals surface area contributed by atoms with Crippen molar-refractivity contribution in [3.05, 3.63) is 0 Å². The smallest absolute Gasteiger partial charge is 0.214 e. The fourth-order valence-corrected chi connectivity index (χ4v) is 0. The quantitative estimate of drug-likeness (QED) is 0.371. The zero-order valence-electron chi connectivity index (χ0n) is 3.26. The molecule has 0 amide bonds. The second-order valence-electron chi connectivity index (χ2n) is 1.33. The van der Waals surface area contributed by atoms with Gasteiger partial charge in [-0.25, -0.2) is 8.78 Å². The van der Waals surface area contributed by atoms with Gasteiger partial charge in [0.25, 0.3) is 0 Å². The summed E-state index contributed by atoms with van der Waals surface area (Å²) in [6.07, 6.45) is 0. The van der Waals surface area contributed by atoms with Gasteiger partial charge in [0.05, 0.1) is 10.2 Å². The first-order valence-corrected chi connectivity index (χ1v) is 2.38. The molecule has 0 spiro atoms. The number of rotatable bonds is 0. The van der Waals surface area contributed by atoms with Gasteiger partial charge in [-0.15, -0.1) is 0 Å². The van der Waals surface area contributed by atoms with Crippen LogP contribution in [0.4, 0.5) is 8.78 Å². The number of halogens is 2. The molecule has 0 atom stereocenters. The molecule has 0 unspecified atom stereocenters. The standard InChI is InChI=1S/C2H6F2Si/c1-2(3,4)5/h1,5H3. The third-order valence-corrected chi connectivity index (χ3v) is 0. The number of alkyl halides is 2. The summed E-state index contributed by atoms with van der Waals surface area (Å²) in [4.78, 5) is 0. The SMILES string of the molecule is CC(F)(F)[SiH3]. The Labute approximate surface area is 32.6 Å². The van der Waals surface area contributed by atoms with E-state index in [1.165, 1.54) is 0 Å². The van der Waals surface area contributed by atoms with Gasteiger partial charge in [0.1, 0.15) is 0 Å². The van der Waals surface area contributed by atoms with E-state index in [-0.39, 0.29) is 10.2 Å². The fourth-order valence-electron chi connectivity index (χ4n) is 0. The minimum Gasteiger partial charge on any atom is -0.214 e. The highest BCUT2D eigenvalue weighted by Crippen LogP contribution is 2.01. The third-order valence-electron chi connectivity index (χ3n) is 0. The van der Waals surface area contributed by atoms with Gasteiger partial charge in [-0.3, -0.25) is 0 Å². The Morgan fingerprint density at radius 3 is 1.60 bits per heavy atom. The lowest BCUT2D eigenvalue weighted by Gasteiger charge is -1.94. The van der Waals surface area contributed by atoms with Gasteiger partial charge < -0.3 is 0 Å². The first-order valence-electron chi connectivity index (χ1n) is 1.38. The molecule has 3 heteroatoms. The maximum absolute atomic E-state index is 11.1. The van der Waals surface area contributed by atoms with Crippen molar-refractivity contribution in [2.75, 3.05) is 0 Å². The summed E-state index contributed by atoms with van der Waals surface area (Å²) in [5, 5.41) is 0. The molecule has 0 heterocycles. The van der Waals surface area contributed by atoms with E-state index in [2.05, 4.69) is 0 Å². The monoisotopic (exact) mass is 96.0 g/mol. The van der Waals surface area contributed by atoms with Crippen molar-refractivity contribution < 1.29 is 8.78 Å². The summed E-state index contributed by atoms with van der Waals surface area (Å²) in [7, 11) is -0.0255. The van der Waals surface area contributed by atoms with Crippen LogP contribution in [0, 0.1) is 0 Å². The van der Waals surface area contributed by atoms with Crippen LogP contribution in [0.1, 0.15) is 6.92 Å². The van der Waals surface area contributed by atoms with Crippen LogP contribution in [-0.2, 0) is 0 Å². The van der Waals surface area contributed by atoms with Crippen LogP contribution < -0.4 is 0 Å². The maximum Gasteiger partial charge on any atom is 0.217 e. The minimum atomic E-state index is -2.36. The summed E-state index contributed by atoms with van der Waals surface area (Å²) in [6.45, 7) is 0.916. The predicted octanol–water partition coefficient (Wildman–Crippen LogP) is -0.0355. The Morgan fingerprint density at radius 1 is 1.60 bits per heavy atom. The first kappa shape index (κ1) is 5.08. The molecule has 0 bridgehead atoms. The molecule has 0 aliphatic heterocycles. The van der Waals surface area contributed by atoms with Crippen LogP contribution in [0.2, 0.25) is 0 Å². The molecule has 0 nitrogen and oxygen atoms in total. The van der Waals surface area contributed by atoms with Crippen LogP contribution in [0.15, 0.2) is 0 Å². The second kappa shape index (κ2) is 1.05. The summed E-state index contributed by atoms with van der Waals surface area (Å²) in [5.41, 5.74) is -2.36. The molecule has 0 fully saturated rings. The molecule has 0 aromatic rings. The van der Waals surface area contributed by atoms with Crippen molar-refractivity contribution >= 4 is 10.2 Å². The molecule has 0 N–H and O–H groups in total. The maximum atomic E-state index is 11.1. The minimum absolute atomic E-state index is 0.0255. The molecule has 0 rings (SSSR count). The molecule has 0 aliphatic carbocycles. The summed E-state index contributed by atoms with van der Waals surface area (Å²) in [5.74, 6) is 0. The Bertz CT molecular complexity index is 23.1. The Hall–Kier alpha value is 0.0769. The molecule has 0 aromatic carbocycles. The van der Waals surface area contributed by atoms with Crippen LogP contribution in [0.3, 0.4) is 0 Å². The molecule has 0 saturated heterocycles. The van der Waals surface area contributed by atoms with Gasteiger partial charge in [0.15, 0.2) is 0 Å². The number of hydrogen-bond donors (Lipinski definition) is 0. The van der Waals surface area contributed by atoms with Crippen LogP contribution in [0.25, 0.3) is 0 Å². The molecule has 0 aliphatic rings. The van der Waals surface area contributed by atoms with Gasteiger partial charge in [-0.05, 0) is 6.92 Å². The van der Waals surface area contributed by atoms with Crippen molar-refractivity contribution in [2.45, 2.75) is 12.5 Å². The second-order valence-corrected chi connectivity index (χ2v) is 3.08. The van der Waals surface area contributed by atoms with Crippen LogP contribution in [0.5, 0.6) is 0 Å². The topological polar surface area (TPSA) is 0 Å².